The summed E-state index contributed by atoms with van der Waals surface area (Å²) >= 11 is 12.4. The van der Waals surface area contributed by atoms with E-state index in [1.165, 1.54) is 0 Å². The van der Waals surface area contributed by atoms with Crippen molar-refractivity contribution in [3.8, 4) is 11.1 Å². The number of halogens is 2. The van der Waals surface area contributed by atoms with Gasteiger partial charge in [0.2, 0.25) is 0 Å². The number of morpholine rings is 1. The van der Waals surface area contributed by atoms with Crippen molar-refractivity contribution >= 4 is 29.1 Å². The Hall–Kier alpha value is -1.86. The number of amides is 1. The first-order valence-corrected chi connectivity index (χ1v) is 11.5. The molecule has 6 nitrogen and oxygen atoms in total. The summed E-state index contributed by atoms with van der Waals surface area (Å²) in [6.45, 7) is 7.35. The molecule has 168 valence electrons. The van der Waals surface area contributed by atoms with E-state index in [0.29, 0.717) is 23.1 Å². The highest BCUT2D eigenvalue weighted by molar-refractivity contribution is 6.36. The molecule has 3 rings (SSSR count). The van der Waals surface area contributed by atoms with Crippen molar-refractivity contribution in [2.24, 2.45) is 0 Å². The summed E-state index contributed by atoms with van der Waals surface area (Å²) in [4.78, 5) is 28.1. The number of unbranched alkanes of at least 4 members (excludes halogenated alkanes) is 1. The van der Waals surface area contributed by atoms with Crippen LogP contribution in [0.2, 0.25) is 10.0 Å². The maximum absolute atomic E-state index is 12.9. The van der Waals surface area contributed by atoms with Crippen LogP contribution in [0, 0.1) is 0 Å². The van der Waals surface area contributed by atoms with Gasteiger partial charge >= 0.3 is 0 Å². The van der Waals surface area contributed by atoms with Crippen molar-refractivity contribution in [3.05, 3.63) is 56.4 Å². The van der Waals surface area contributed by atoms with Gasteiger partial charge in [0.25, 0.3) is 11.5 Å². The van der Waals surface area contributed by atoms with E-state index in [4.69, 9.17) is 27.9 Å². The van der Waals surface area contributed by atoms with Crippen LogP contribution in [0.25, 0.3) is 11.1 Å². The lowest BCUT2D eigenvalue weighted by Gasteiger charge is -2.26. The molecule has 0 spiro atoms. The highest BCUT2D eigenvalue weighted by Gasteiger charge is 2.17. The third-order valence-corrected chi connectivity index (χ3v) is 5.91. The molecule has 0 radical (unpaired) electrons. The number of rotatable bonds is 9. The van der Waals surface area contributed by atoms with Gasteiger partial charge in [-0.2, -0.15) is 0 Å². The van der Waals surface area contributed by atoms with Crippen LogP contribution >= 0.6 is 23.2 Å². The number of pyridine rings is 1. The zero-order valence-electron chi connectivity index (χ0n) is 17.8. The molecular formula is C23H29Cl2N3O3. The van der Waals surface area contributed by atoms with Crippen LogP contribution in [-0.4, -0.2) is 54.8 Å². The Morgan fingerprint density at radius 3 is 2.61 bits per heavy atom. The lowest BCUT2D eigenvalue weighted by molar-refractivity contribution is 0.0374. The van der Waals surface area contributed by atoms with Crippen LogP contribution < -0.4 is 10.9 Å². The molecule has 2 heterocycles. The average Bonchev–Trinajstić information content (AvgIpc) is 2.77. The molecule has 1 aliphatic heterocycles. The molecule has 1 amide bonds. The molecule has 1 aliphatic rings. The van der Waals surface area contributed by atoms with Crippen LogP contribution in [-0.2, 0) is 11.3 Å². The first kappa shape index (κ1) is 23.8. The quantitative estimate of drug-likeness (QED) is 0.566. The number of hydrogen-bond donors (Lipinski definition) is 1. The number of nitrogens with zero attached hydrogens (tertiary/aromatic N) is 2. The molecule has 1 aromatic carbocycles. The summed E-state index contributed by atoms with van der Waals surface area (Å²) in [5.41, 5.74) is 1.30. The molecule has 8 heteroatoms. The van der Waals surface area contributed by atoms with Crippen LogP contribution in [0.3, 0.4) is 0 Å². The highest BCUT2D eigenvalue weighted by atomic mass is 35.5. The fourth-order valence-corrected chi connectivity index (χ4v) is 4.11. The average molecular weight is 466 g/mol. The van der Waals surface area contributed by atoms with Crippen molar-refractivity contribution in [3.63, 3.8) is 0 Å². The van der Waals surface area contributed by atoms with Crippen LogP contribution in [0.1, 0.15) is 36.5 Å². The van der Waals surface area contributed by atoms with E-state index in [9.17, 15) is 9.59 Å². The molecular weight excluding hydrogens is 437 g/mol. The third-order valence-electron chi connectivity index (χ3n) is 5.37. The minimum absolute atomic E-state index is 0.131. The van der Waals surface area contributed by atoms with E-state index in [1.54, 1.807) is 35.0 Å². The summed E-state index contributed by atoms with van der Waals surface area (Å²) in [5.74, 6) is -0.357. The summed E-state index contributed by atoms with van der Waals surface area (Å²) in [7, 11) is 0. The first-order chi connectivity index (χ1) is 15.0. The molecule has 31 heavy (non-hydrogen) atoms. The summed E-state index contributed by atoms with van der Waals surface area (Å²) in [6, 6.07) is 6.83. The predicted molar refractivity (Wildman–Crippen MR) is 125 cm³/mol. The van der Waals surface area contributed by atoms with Gasteiger partial charge in [-0.3, -0.25) is 14.5 Å². The second kappa shape index (κ2) is 11.7. The largest absolute Gasteiger partial charge is 0.379 e. The maximum atomic E-state index is 12.9. The fraction of sp³-hybridized carbons (Fsp3) is 0.478. The number of ether oxygens (including phenoxy) is 1. The van der Waals surface area contributed by atoms with Gasteiger partial charge in [-0.05, 0) is 37.6 Å². The molecule has 0 saturated carbocycles. The van der Waals surface area contributed by atoms with Gasteiger partial charge in [0.1, 0.15) is 5.56 Å². The van der Waals surface area contributed by atoms with E-state index in [-0.39, 0.29) is 17.0 Å². The number of hydrogen-bond acceptors (Lipinski definition) is 4. The molecule has 0 aliphatic carbocycles. The predicted octanol–water partition coefficient (Wildman–Crippen LogP) is 4.07. The second-order valence-electron chi connectivity index (χ2n) is 7.68. The number of benzene rings is 1. The Morgan fingerprint density at radius 1 is 1.13 bits per heavy atom. The van der Waals surface area contributed by atoms with Gasteiger partial charge in [0.15, 0.2) is 0 Å². The molecule has 0 bridgehead atoms. The molecule has 1 aromatic heterocycles. The molecule has 0 unspecified atom stereocenters. The second-order valence-corrected chi connectivity index (χ2v) is 8.53. The Morgan fingerprint density at radius 2 is 1.90 bits per heavy atom. The van der Waals surface area contributed by atoms with Crippen molar-refractivity contribution < 1.29 is 9.53 Å². The Bertz CT molecular complexity index is 956. The lowest BCUT2D eigenvalue weighted by atomic mass is 10.0. The SMILES string of the molecule is CCCCn1cc(-c2ccc(Cl)cc2Cl)cc(C(=O)NCCCN2CCOCC2)c1=O. The molecule has 1 fully saturated rings. The number of carbonyl (C=O) groups is 1. The number of carbonyl (C=O) groups excluding carboxylic acids is 1. The Balaban J connectivity index is 1.77. The van der Waals surface area contributed by atoms with Gasteiger partial charge in [-0.15, -0.1) is 0 Å². The van der Waals surface area contributed by atoms with Crippen LogP contribution in [0.4, 0.5) is 0 Å². The normalized spacial score (nSPS) is 14.5. The summed E-state index contributed by atoms with van der Waals surface area (Å²) < 4.78 is 6.96. The highest BCUT2D eigenvalue weighted by Crippen LogP contribution is 2.30. The number of aryl methyl sites for hydroxylation is 1. The Kier molecular flexibility index (Phi) is 8.96. The Labute approximate surface area is 193 Å². The van der Waals surface area contributed by atoms with Gasteiger partial charge in [0.05, 0.1) is 13.2 Å². The minimum Gasteiger partial charge on any atom is -0.379 e. The smallest absolute Gasteiger partial charge is 0.263 e. The maximum Gasteiger partial charge on any atom is 0.263 e. The van der Waals surface area contributed by atoms with Crippen molar-refractivity contribution in [1.29, 1.82) is 0 Å². The zero-order chi connectivity index (χ0) is 22.2. The summed E-state index contributed by atoms with van der Waals surface area (Å²) in [6.07, 6.45) is 4.38. The molecule has 0 atom stereocenters. The van der Waals surface area contributed by atoms with Crippen molar-refractivity contribution in [2.45, 2.75) is 32.7 Å². The van der Waals surface area contributed by atoms with E-state index in [1.807, 2.05) is 0 Å². The first-order valence-electron chi connectivity index (χ1n) is 10.8. The minimum atomic E-state index is -0.357. The lowest BCUT2D eigenvalue weighted by Crippen LogP contribution is -2.38. The fourth-order valence-electron chi connectivity index (χ4n) is 3.59. The molecule has 1 N–H and O–H groups in total. The van der Waals surface area contributed by atoms with E-state index < -0.39 is 0 Å². The van der Waals surface area contributed by atoms with Gasteiger partial charge in [-0.25, -0.2) is 0 Å². The molecule has 1 saturated heterocycles. The van der Waals surface area contributed by atoms with E-state index >= 15 is 0 Å². The van der Waals surface area contributed by atoms with E-state index in [0.717, 1.165) is 63.2 Å². The van der Waals surface area contributed by atoms with Crippen molar-refractivity contribution in [1.82, 2.24) is 14.8 Å². The van der Waals surface area contributed by atoms with Crippen LogP contribution in [0.5, 0.6) is 0 Å². The summed E-state index contributed by atoms with van der Waals surface area (Å²) in [5, 5.41) is 3.91. The van der Waals surface area contributed by atoms with Gasteiger partial charge < -0.3 is 14.6 Å². The number of aromatic nitrogens is 1. The van der Waals surface area contributed by atoms with E-state index in [2.05, 4.69) is 17.1 Å². The van der Waals surface area contributed by atoms with Crippen molar-refractivity contribution in [2.75, 3.05) is 39.4 Å². The van der Waals surface area contributed by atoms with Crippen LogP contribution in [0.15, 0.2) is 35.3 Å². The topological polar surface area (TPSA) is 63.6 Å². The number of nitrogens with one attached hydrogen (secondary N) is 1. The van der Waals surface area contributed by atoms with Gasteiger partial charge in [-0.1, -0.05) is 42.6 Å². The zero-order valence-corrected chi connectivity index (χ0v) is 19.3. The van der Waals surface area contributed by atoms with Gasteiger partial charge in [0, 0.05) is 53.5 Å². The third kappa shape index (κ3) is 6.56. The standard InChI is InChI=1S/C23H29Cl2N3O3/c1-2-3-9-28-16-17(19-6-5-18(24)15-21(19)25)14-20(23(28)30)22(29)26-7-4-8-27-10-12-31-13-11-27/h5-6,14-16H,2-4,7-13H2,1H3,(H,26,29). The molecule has 2 aromatic rings. The monoisotopic (exact) mass is 465 g/mol.